The van der Waals surface area contributed by atoms with Gasteiger partial charge in [-0.1, -0.05) is 25.3 Å². The fraction of sp³-hybridized carbons (Fsp3) is 0.421. The number of carboxylic acid groups (broad SMARTS) is 2. The summed E-state index contributed by atoms with van der Waals surface area (Å²) in [5.41, 5.74) is 4.31. The van der Waals surface area contributed by atoms with E-state index in [9.17, 15) is 27.4 Å². The first-order chi connectivity index (χ1) is 25.4. The Labute approximate surface area is 324 Å². The van der Waals surface area contributed by atoms with Crippen molar-refractivity contribution in [2.75, 3.05) is 18.0 Å². The van der Waals surface area contributed by atoms with Gasteiger partial charge in [-0.3, -0.25) is 18.9 Å². The number of thiol groups is 1. The number of carbonyl (C=O) groups is 3. The number of benzene rings is 2. The normalized spacial score (nSPS) is 18.8. The largest absolute Gasteiger partial charge is 0.481 e. The molecule has 0 saturated carbocycles. The average molecular weight is 802 g/mol. The smallest absolute Gasteiger partial charge is 0.303 e. The first kappa shape index (κ1) is 41.4. The van der Waals surface area contributed by atoms with E-state index in [1.807, 2.05) is 56.9 Å². The Balaban J connectivity index is 1.53. The van der Waals surface area contributed by atoms with E-state index >= 15 is 0 Å². The van der Waals surface area contributed by atoms with Crippen molar-refractivity contribution in [2.24, 2.45) is 0 Å². The highest BCUT2D eigenvalue weighted by Crippen LogP contribution is 2.50. The van der Waals surface area contributed by atoms with Crippen LogP contribution in [0.5, 0.6) is 0 Å². The lowest BCUT2D eigenvalue weighted by molar-refractivity contribution is -0.438. The first-order valence-corrected chi connectivity index (χ1v) is 20.2. The number of nitrogens with zero attached hydrogens (tertiary/aromatic N) is 2. The Morgan fingerprint density at radius 2 is 1.57 bits per heavy atom. The van der Waals surface area contributed by atoms with Crippen LogP contribution in [0.15, 0.2) is 80.1 Å². The number of unbranched alkanes of at least 4 members (excludes halogenated alkanes) is 4. The van der Waals surface area contributed by atoms with E-state index in [1.54, 1.807) is 12.1 Å². The molecule has 0 spiro atoms. The minimum Gasteiger partial charge on any atom is -0.481 e. The molecular weight excluding hydrogens is 757 g/mol. The third kappa shape index (κ3) is 8.54. The van der Waals surface area contributed by atoms with Crippen molar-refractivity contribution >= 4 is 69.6 Å². The minimum atomic E-state index is -4.48. The highest BCUT2D eigenvalue weighted by Gasteiger charge is 2.47. The monoisotopic (exact) mass is 801 g/mol. The molecule has 54 heavy (non-hydrogen) atoms. The predicted molar refractivity (Wildman–Crippen MR) is 206 cm³/mol. The van der Waals surface area contributed by atoms with Gasteiger partial charge in [0.25, 0.3) is 10.1 Å². The number of carboxylic acids is 2. The molecule has 16 heteroatoms. The van der Waals surface area contributed by atoms with Gasteiger partial charge in [-0.05, 0) is 81.5 Å². The van der Waals surface area contributed by atoms with Crippen LogP contribution in [0, 0.1) is 0 Å². The van der Waals surface area contributed by atoms with Gasteiger partial charge < -0.3 is 15.1 Å². The van der Waals surface area contributed by atoms with Crippen LogP contribution < -0.4 is 4.90 Å². The minimum absolute atomic E-state index is 0.0538. The Morgan fingerprint density at radius 1 is 0.907 bits per heavy atom. The number of allylic oxidation sites excluding steroid dienone is 5. The van der Waals surface area contributed by atoms with Crippen LogP contribution >= 0.6 is 24.7 Å². The van der Waals surface area contributed by atoms with Gasteiger partial charge in [-0.25, -0.2) is 5.26 Å². The molecule has 0 aromatic heterocycles. The lowest BCUT2D eigenvalue weighted by Gasteiger charge is -2.30. The molecule has 0 radical (unpaired) electrons. The van der Waals surface area contributed by atoms with Crippen LogP contribution in [0.25, 0.3) is 0 Å². The lowest BCUT2D eigenvalue weighted by Crippen LogP contribution is -2.31. The molecule has 2 aromatic carbocycles. The van der Waals surface area contributed by atoms with Crippen molar-refractivity contribution in [3.05, 3.63) is 81.4 Å². The molecule has 3 aliphatic rings. The molecule has 0 unspecified atom stereocenters. The fourth-order valence-electron chi connectivity index (χ4n) is 7.41. The van der Waals surface area contributed by atoms with Gasteiger partial charge in [-0.2, -0.15) is 13.0 Å². The van der Waals surface area contributed by atoms with Crippen molar-refractivity contribution in [1.82, 2.24) is 0 Å². The zero-order chi connectivity index (χ0) is 39.6. The lowest BCUT2D eigenvalue weighted by atomic mass is 9.78. The molecular formula is C38H45N2O11S3+. The van der Waals surface area contributed by atoms with Gasteiger partial charge in [0, 0.05) is 81.3 Å². The van der Waals surface area contributed by atoms with Gasteiger partial charge in [0.15, 0.2) is 11.5 Å². The molecule has 290 valence electrons. The van der Waals surface area contributed by atoms with Crippen LogP contribution in [0.3, 0.4) is 0 Å². The number of fused-ring (bicyclic) bond motifs is 2. The van der Waals surface area contributed by atoms with E-state index in [2.05, 4.69) is 13.9 Å². The first-order valence-electron chi connectivity index (χ1n) is 17.6. The van der Waals surface area contributed by atoms with Gasteiger partial charge in [-0.15, -0.1) is 17.0 Å². The fourth-order valence-corrected chi connectivity index (χ4v) is 8.65. The summed E-state index contributed by atoms with van der Waals surface area (Å²) in [6.45, 7) is 8.99. The Kier molecular flexibility index (Phi) is 12.7. The zero-order valence-corrected chi connectivity index (χ0v) is 33.0. The van der Waals surface area contributed by atoms with Gasteiger partial charge in [0.2, 0.25) is 5.69 Å². The SMILES string of the molecule is CC1(C)C(=CC2=C(S)C(=CC3=[N+](CCCCCC(=O)O)c4ccc(SOOO)cc4C3(C)C)C2=O)N(CCCCCC(=O)O)c2ccc(S(=O)(=O)O)cc21. The number of rotatable bonds is 18. The van der Waals surface area contributed by atoms with Gasteiger partial charge in [0.1, 0.15) is 6.54 Å². The number of Topliss-reactive ketones (excluding diaryl/α,β-unsaturated/α-hetero) is 1. The number of ketones is 1. The maximum Gasteiger partial charge on any atom is 0.303 e. The Bertz CT molecular complexity index is 2100. The van der Waals surface area contributed by atoms with E-state index in [4.69, 9.17) is 28.1 Å². The second-order valence-electron chi connectivity index (χ2n) is 14.6. The van der Waals surface area contributed by atoms with Crippen LogP contribution in [0.2, 0.25) is 0 Å². The zero-order valence-electron chi connectivity index (χ0n) is 30.5. The highest BCUT2D eigenvalue weighted by molar-refractivity contribution is 7.94. The summed E-state index contributed by atoms with van der Waals surface area (Å²) in [5.74, 6) is -1.92. The second kappa shape index (κ2) is 16.5. The van der Waals surface area contributed by atoms with E-state index in [-0.39, 0.29) is 23.5 Å². The van der Waals surface area contributed by atoms with E-state index in [0.717, 1.165) is 40.4 Å². The van der Waals surface area contributed by atoms with E-state index < -0.39 is 32.9 Å². The van der Waals surface area contributed by atoms with Crippen molar-refractivity contribution in [3.8, 4) is 0 Å². The van der Waals surface area contributed by atoms with Crippen LogP contribution in [-0.4, -0.2) is 69.5 Å². The van der Waals surface area contributed by atoms with Crippen molar-refractivity contribution in [1.29, 1.82) is 0 Å². The molecule has 4 N–H and O–H groups in total. The van der Waals surface area contributed by atoms with Crippen molar-refractivity contribution < 1.29 is 56.8 Å². The van der Waals surface area contributed by atoms with Crippen LogP contribution in [-0.2, 0) is 44.7 Å². The van der Waals surface area contributed by atoms with Crippen LogP contribution in [0.1, 0.15) is 90.2 Å². The summed E-state index contributed by atoms with van der Waals surface area (Å²) in [7, 11) is -4.48. The molecule has 0 amide bonds. The van der Waals surface area contributed by atoms with Crippen molar-refractivity contribution in [3.63, 3.8) is 0 Å². The summed E-state index contributed by atoms with van der Waals surface area (Å²) in [5, 5.41) is 30.6. The summed E-state index contributed by atoms with van der Waals surface area (Å²) in [6.07, 6.45) is 7.54. The second-order valence-corrected chi connectivity index (χ2v) is 17.2. The highest BCUT2D eigenvalue weighted by atomic mass is 32.2. The van der Waals surface area contributed by atoms with Gasteiger partial charge in [0.05, 0.1) is 22.4 Å². The molecule has 5 rings (SSSR count). The van der Waals surface area contributed by atoms with Gasteiger partial charge >= 0.3 is 11.9 Å². The maximum absolute atomic E-state index is 14.1. The molecule has 1 aliphatic carbocycles. The number of hydrogen-bond acceptors (Lipinski definition) is 11. The topological polar surface area (TPSA) is 191 Å². The predicted octanol–water partition coefficient (Wildman–Crippen LogP) is 7.40. The third-order valence-electron chi connectivity index (χ3n) is 10.3. The molecule has 0 bridgehead atoms. The third-order valence-corrected chi connectivity index (χ3v) is 12.2. The maximum atomic E-state index is 14.1. The number of hydrogen-bond donors (Lipinski definition) is 5. The molecule has 0 saturated heterocycles. The van der Waals surface area contributed by atoms with E-state index in [0.29, 0.717) is 78.1 Å². The van der Waals surface area contributed by atoms with Crippen LogP contribution in [0.4, 0.5) is 11.4 Å². The molecule has 13 nitrogen and oxygen atoms in total. The quantitative estimate of drug-likeness (QED) is 0.0147. The molecule has 2 aromatic rings. The molecule has 0 fully saturated rings. The summed E-state index contributed by atoms with van der Waals surface area (Å²) in [6, 6.07) is 10.1. The average Bonchev–Trinajstić information content (AvgIpc) is 3.44. The standard InChI is InChI=1S/C38H44N2O11S3/c1-37(2)27-19-23(53-51-50-46)13-15-29(27)39(17-9-5-7-11-33(41)42)31(37)21-25-35(45)26(36(25)52)22-32-38(3,4)28-20-24(54(47,48)49)14-16-30(28)40(32)18-10-6-8-12-34(43)44/h13-16,19-22H,5-12,17-18H2,1-4H3,(H4-,41,42,43,44,45,46,47,48,49,52)/p+1. The molecule has 2 heterocycles. The molecule has 2 aliphatic heterocycles. The summed E-state index contributed by atoms with van der Waals surface area (Å²) < 4.78 is 40.8. The number of aliphatic carboxylic acids is 2. The van der Waals surface area contributed by atoms with Crippen molar-refractivity contribution in [2.45, 2.75) is 99.7 Å². The van der Waals surface area contributed by atoms with E-state index in [1.165, 1.54) is 12.1 Å². The Hall–Kier alpha value is -3.77. The Morgan fingerprint density at radius 3 is 2.19 bits per heavy atom. The summed E-state index contributed by atoms with van der Waals surface area (Å²) >= 11 is 5.68. The summed E-state index contributed by atoms with van der Waals surface area (Å²) in [4.78, 5) is 39.2. The number of anilines is 1. The molecule has 0 atom stereocenters. The number of carbonyl (C=O) groups excluding carboxylic acids is 1.